The highest BCUT2D eigenvalue weighted by molar-refractivity contribution is 5.87. The summed E-state index contributed by atoms with van der Waals surface area (Å²) in [6, 6.07) is 17.6. The molecule has 1 saturated heterocycles. The molecule has 0 aromatic heterocycles. The topological polar surface area (TPSA) is 24.5 Å². The Balaban J connectivity index is 1.42. The van der Waals surface area contributed by atoms with Crippen LogP contribution in [0.5, 0.6) is 11.5 Å². The first kappa shape index (κ1) is 45.1. The fourth-order valence-electron chi connectivity index (χ4n) is 9.98. The van der Waals surface area contributed by atoms with E-state index in [0.717, 1.165) is 35.5 Å². The van der Waals surface area contributed by atoms with E-state index in [9.17, 15) is 0 Å². The molecule has 5 nitrogen and oxygen atoms in total. The fraction of sp³-hybridized carbons (Fsp3) is 0.630. The highest BCUT2D eigenvalue weighted by Gasteiger charge is 2.83. The van der Waals surface area contributed by atoms with Crippen LogP contribution >= 0.6 is 0 Å². The lowest BCUT2D eigenvalue weighted by Gasteiger charge is -2.39. The van der Waals surface area contributed by atoms with Gasteiger partial charge in [0, 0.05) is 39.7 Å². The monoisotopic (exact) mass is 805 g/mol. The van der Waals surface area contributed by atoms with Crippen LogP contribution in [0.2, 0.25) is 0 Å². The number of rotatable bonds is 17. The van der Waals surface area contributed by atoms with Crippen LogP contribution in [0.1, 0.15) is 188 Å². The van der Waals surface area contributed by atoms with Gasteiger partial charge in [0.1, 0.15) is 0 Å². The summed E-state index contributed by atoms with van der Waals surface area (Å²) in [4.78, 5) is 0. The Bertz CT molecular complexity index is 2020. The molecule has 322 valence electrons. The van der Waals surface area contributed by atoms with Crippen molar-refractivity contribution < 1.29 is 23.1 Å². The van der Waals surface area contributed by atoms with Crippen LogP contribution in [0.25, 0.3) is 11.1 Å². The Morgan fingerprint density at radius 3 is 1.63 bits per heavy atom. The maximum absolute atomic E-state index is 7.41. The second kappa shape index (κ2) is 17.1. The molecule has 3 aromatic carbocycles. The SMILES string of the molecule is CCCCc1cccc(CCC[N+](CCCC)(CCCC)CCCC)c1-c1ccc2c(c1)C=[N+]1C3(O2)Oc2c(cc(C(C)(C)C)cc2C(C)(C)C)C=[N+]3C(C)(C)C1(C)C. The Morgan fingerprint density at radius 2 is 1.10 bits per heavy atom. The Hall–Kier alpha value is -3.44. The van der Waals surface area contributed by atoms with E-state index in [2.05, 4.69) is 167 Å². The van der Waals surface area contributed by atoms with E-state index in [4.69, 9.17) is 9.47 Å². The van der Waals surface area contributed by atoms with Gasteiger partial charge in [0.2, 0.25) is 11.1 Å². The highest BCUT2D eigenvalue weighted by atomic mass is 16.7. The second-order valence-electron chi connectivity index (χ2n) is 21.5. The number of aryl methyl sites for hydroxylation is 2. The van der Waals surface area contributed by atoms with Gasteiger partial charge in [-0.2, -0.15) is 0 Å². The molecule has 1 fully saturated rings. The second-order valence-corrected chi connectivity index (χ2v) is 21.5. The number of ether oxygens (including phenoxy) is 2. The first-order valence-corrected chi connectivity index (χ1v) is 23.7. The summed E-state index contributed by atoms with van der Waals surface area (Å²) < 4.78 is 20.8. The predicted molar refractivity (Wildman–Crippen MR) is 250 cm³/mol. The summed E-state index contributed by atoms with van der Waals surface area (Å²) in [6.07, 6.45) is 18.3. The number of fused-ring (bicyclic) bond motifs is 2. The zero-order valence-electron chi connectivity index (χ0n) is 40.0. The van der Waals surface area contributed by atoms with Crippen molar-refractivity contribution in [3.8, 4) is 22.6 Å². The maximum Gasteiger partial charge on any atom is 0.705 e. The number of quaternary nitrogens is 1. The molecule has 6 rings (SSSR count). The van der Waals surface area contributed by atoms with Gasteiger partial charge < -0.3 is 14.0 Å². The highest BCUT2D eigenvalue weighted by Crippen LogP contribution is 2.51. The van der Waals surface area contributed by atoms with Crippen molar-refractivity contribution in [1.29, 1.82) is 0 Å². The quantitative estimate of drug-likeness (QED) is 0.100. The van der Waals surface area contributed by atoms with Gasteiger partial charge in [-0.3, -0.25) is 0 Å². The van der Waals surface area contributed by atoms with Crippen molar-refractivity contribution in [1.82, 2.24) is 0 Å². The van der Waals surface area contributed by atoms with E-state index < -0.39 is 6.03 Å². The van der Waals surface area contributed by atoms with E-state index >= 15 is 0 Å². The minimum Gasteiger partial charge on any atom is -0.341 e. The molecular weight excluding hydrogens is 723 g/mol. The molecule has 0 N–H and O–H groups in total. The minimum atomic E-state index is -1.15. The molecule has 0 saturated carbocycles. The van der Waals surface area contributed by atoms with Crippen molar-refractivity contribution in [3.05, 3.63) is 81.9 Å². The van der Waals surface area contributed by atoms with Crippen LogP contribution in [0.15, 0.2) is 48.5 Å². The van der Waals surface area contributed by atoms with Gasteiger partial charge in [0.05, 0.1) is 37.3 Å². The number of unbranched alkanes of at least 4 members (excludes halogenated alkanes) is 4. The van der Waals surface area contributed by atoms with Gasteiger partial charge in [0.25, 0.3) is 0 Å². The summed E-state index contributed by atoms with van der Waals surface area (Å²) in [5, 5.41) is 0. The average molecular weight is 805 g/mol. The molecule has 0 radical (unpaired) electrons. The van der Waals surface area contributed by atoms with Crippen LogP contribution in [0, 0.1) is 0 Å². The summed E-state index contributed by atoms with van der Waals surface area (Å²) in [5.41, 5.74) is 9.68. The molecule has 3 aliphatic rings. The molecule has 3 aliphatic heterocycles. The van der Waals surface area contributed by atoms with Gasteiger partial charge >= 0.3 is 6.03 Å². The van der Waals surface area contributed by atoms with Gasteiger partial charge in [-0.1, -0.05) is 134 Å². The van der Waals surface area contributed by atoms with Crippen LogP contribution < -0.4 is 9.47 Å². The van der Waals surface area contributed by atoms with Crippen molar-refractivity contribution in [3.63, 3.8) is 0 Å². The molecule has 3 heterocycles. The van der Waals surface area contributed by atoms with Crippen molar-refractivity contribution >= 4 is 12.4 Å². The third-order valence-electron chi connectivity index (χ3n) is 14.5. The Labute approximate surface area is 360 Å². The third kappa shape index (κ3) is 8.58. The zero-order valence-corrected chi connectivity index (χ0v) is 40.0. The number of hydrogen-bond donors (Lipinski definition) is 0. The van der Waals surface area contributed by atoms with Gasteiger partial charge in [-0.25, -0.2) is 0 Å². The molecule has 5 heteroatoms. The lowest BCUT2D eigenvalue weighted by molar-refractivity contribution is -0.929. The van der Waals surface area contributed by atoms with E-state index in [1.807, 2.05) is 0 Å². The standard InChI is InChI=1S/C54H82N3O2/c1-15-19-25-40-26-23-27-41(28-24-34-57(31-20-16-2,32-21-17-3)33-22-18-4)48(40)42-29-30-47-43(35-42)38-55-52(11,12)53(13,14)56-39-44-36-45(50(5,6)7)37-46(51(8,9)10)49(44)59-54(55,56)58-47/h23,26-27,29-30,35-39H,15-22,24-25,28,31-34H2,1-14H3/q+3. The van der Waals surface area contributed by atoms with E-state index in [1.165, 1.54) is 122 Å². The van der Waals surface area contributed by atoms with Gasteiger partial charge in [0.15, 0.2) is 23.9 Å². The number of nitrogens with zero attached hydrogens (tertiary/aromatic N) is 3. The third-order valence-corrected chi connectivity index (χ3v) is 14.5. The van der Waals surface area contributed by atoms with Crippen molar-refractivity contribution in [2.75, 3.05) is 26.2 Å². The van der Waals surface area contributed by atoms with Gasteiger partial charge in [-0.05, 0) is 95.4 Å². The largest absolute Gasteiger partial charge is 0.705 e. The lowest BCUT2D eigenvalue weighted by Crippen LogP contribution is -2.61. The van der Waals surface area contributed by atoms with Crippen molar-refractivity contribution in [2.24, 2.45) is 0 Å². The summed E-state index contributed by atoms with van der Waals surface area (Å²) in [7, 11) is 0. The number of benzene rings is 3. The van der Waals surface area contributed by atoms with Crippen LogP contribution in [0.4, 0.5) is 0 Å². The summed E-state index contributed by atoms with van der Waals surface area (Å²) >= 11 is 0. The lowest BCUT2D eigenvalue weighted by atomic mass is 9.78. The normalized spacial score (nSPS) is 19.2. The molecule has 1 spiro atoms. The van der Waals surface area contributed by atoms with E-state index in [-0.39, 0.29) is 21.9 Å². The Kier molecular flexibility index (Phi) is 13.1. The molecule has 1 atom stereocenters. The molecule has 0 amide bonds. The first-order chi connectivity index (χ1) is 27.8. The van der Waals surface area contributed by atoms with Crippen molar-refractivity contribution in [2.45, 2.75) is 196 Å². The molecule has 3 aromatic rings. The number of hydrogen-bond acceptors (Lipinski definition) is 2. The van der Waals surface area contributed by atoms with Crippen LogP contribution in [0.3, 0.4) is 0 Å². The summed E-state index contributed by atoms with van der Waals surface area (Å²) in [6.45, 7) is 37.8. The Morgan fingerprint density at radius 1 is 0.576 bits per heavy atom. The first-order valence-electron chi connectivity index (χ1n) is 23.7. The molecule has 0 aliphatic carbocycles. The fourth-order valence-corrected chi connectivity index (χ4v) is 9.98. The molecule has 0 bridgehead atoms. The molecule has 59 heavy (non-hydrogen) atoms. The van der Waals surface area contributed by atoms with Crippen LogP contribution in [-0.2, 0) is 23.7 Å². The van der Waals surface area contributed by atoms with Gasteiger partial charge in [-0.15, -0.1) is 0 Å². The average Bonchev–Trinajstić information content (AvgIpc) is 3.30. The smallest absolute Gasteiger partial charge is 0.341 e. The van der Waals surface area contributed by atoms with Crippen LogP contribution in [-0.4, -0.2) is 69.4 Å². The zero-order chi connectivity index (χ0) is 43.0. The minimum absolute atomic E-state index is 0.00628. The molecule has 1 unspecified atom stereocenters. The van der Waals surface area contributed by atoms with E-state index in [0.29, 0.717) is 0 Å². The van der Waals surface area contributed by atoms with E-state index in [1.54, 1.807) is 0 Å². The summed E-state index contributed by atoms with van der Waals surface area (Å²) in [5.74, 6) is 1.78. The maximum atomic E-state index is 7.41. The molecular formula is C54H82N3O2+3. The predicted octanol–water partition coefficient (Wildman–Crippen LogP) is 13.0.